The van der Waals surface area contributed by atoms with E-state index in [-0.39, 0.29) is 0 Å². The summed E-state index contributed by atoms with van der Waals surface area (Å²) in [6.07, 6.45) is 0.939. The van der Waals surface area contributed by atoms with Crippen molar-refractivity contribution in [2.45, 2.75) is 19.9 Å². The van der Waals surface area contributed by atoms with E-state index in [0.29, 0.717) is 12.1 Å². The highest BCUT2D eigenvalue weighted by Gasteiger charge is 2.05. The van der Waals surface area contributed by atoms with Gasteiger partial charge in [-0.05, 0) is 46.6 Å². The number of nitrogens with one attached hydrogen (secondary N) is 1. The van der Waals surface area contributed by atoms with Gasteiger partial charge in [0.05, 0.1) is 29.6 Å². The van der Waals surface area contributed by atoms with Crippen LogP contribution >= 0.6 is 15.9 Å². The molecule has 0 saturated carbocycles. The summed E-state index contributed by atoms with van der Waals surface area (Å²) >= 11 is 3.46. The van der Waals surface area contributed by atoms with E-state index in [0.717, 1.165) is 28.0 Å². The lowest BCUT2D eigenvalue weighted by atomic mass is 10.2. The molecular weight excluding hydrogens is 304 g/mol. The molecule has 19 heavy (non-hydrogen) atoms. The van der Waals surface area contributed by atoms with Crippen molar-refractivity contribution in [3.05, 3.63) is 45.7 Å². The molecule has 1 aromatic heterocycles. The van der Waals surface area contributed by atoms with E-state index in [1.54, 1.807) is 6.07 Å². The monoisotopic (exact) mass is 318 g/mol. The van der Waals surface area contributed by atoms with Gasteiger partial charge in [0.2, 0.25) is 0 Å². The molecule has 0 fully saturated rings. The van der Waals surface area contributed by atoms with Gasteiger partial charge in [-0.2, -0.15) is 10.4 Å². The minimum absolute atomic E-state index is 0.645. The molecular formula is C14H15BrN4. The van der Waals surface area contributed by atoms with Crippen LogP contribution in [0.25, 0.3) is 0 Å². The summed E-state index contributed by atoms with van der Waals surface area (Å²) in [4.78, 5) is 0. The second-order valence-electron chi connectivity index (χ2n) is 4.26. The van der Waals surface area contributed by atoms with Crippen LogP contribution in [0.3, 0.4) is 0 Å². The average molecular weight is 319 g/mol. The standard InChI is InChI=1S/C14H15BrN4/c1-3-11-7-12(19(2)18-11)9-17-14-5-4-10(8-16)6-13(14)15/h4-7,17H,3,9H2,1-2H3. The number of anilines is 1. The Balaban J connectivity index is 2.10. The minimum Gasteiger partial charge on any atom is -0.378 e. The van der Waals surface area contributed by atoms with Crippen molar-refractivity contribution < 1.29 is 0 Å². The number of hydrogen-bond acceptors (Lipinski definition) is 3. The van der Waals surface area contributed by atoms with E-state index >= 15 is 0 Å². The zero-order valence-electron chi connectivity index (χ0n) is 10.9. The van der Waals surface area contributed by atoms with Gasteiger partial charge in [0.25, 0.3) is 0 Å². The number of nitrogens with zero attached hydrogens (tertiary/aromatic N) is 3. The summed E-state index contributed by atoms with van der Waals surface area (Å²) < 4.78 is 2.79. The first-order valence-corrected chi connectivity index (χ1v) is 6.88. The largest absolute Gasteiger partial charge is 0.378 e. The highest BCUT2D eigenvalue weighted by atomic mass is 79.9. The van der Waals surface area contributed by atoms with Crippen molar-refractivity contribution in [1.29, 1.82) is 5.26 Å². The van der Waals surface area contributed by atoms with E-state index in [1.165, 1.54) is 0 Å². The molecule has 0 amide bonds. The molecule has 2 aromatic rings. The van der Waals surface area contributed by atoms with Crippen molar-refractivity contribution in [2.75, 3.05) is 5.32 Å². The molecule has 2 rings (SSSR count). The molecule has 4 nitrogen and oxygen atoms in total. The smallest absolute Gasteiger partial charge is 0.0992 e. The normalized spacial score (nSPS) is 10.2. The molecule has 0 atom stereocenters. The number of hydrogen-bond donors (Lipinski definition) is 1. The highest BCUT2D eigenvalue weighted by Crippen LogP contribution is 2.24. The molecule has 0 bridgehead atoms. The first-order valence-electron chi connectivity index (χ1n) is 6.09. The second kappa shape index (κ2) is 5.89. The third kappa shape index (κ3) is 3.15. The molecule has 0 aliphatic rings. The molecule has 0 aliphatic carbocycles. The zero-order valence-corrected chi connectivity index (χ0v) is 12.5. The Morgan fingerprint density at radius 1 is 1.42 bits per heavy atom. The Labute approximate surface area is 121 Å². The summed E-state index contributed by atoms with van der Waals surface area (Å²) in [5.41, 5.74) is 3.84. The first kappa shape index (κ1) is 13.6. The lowest BCUT2D eigenvalue weighted by Crippen LogP contribution is -2.05. The summed E-state index contributed by atoms with van der Waals surface area (Å²) in [5.74, 6) is 0. The van der Waals surface area contributed by atoms with E-state index in [4.69, 9.17) is 5.26 Å². The van der Waals surface area contributed by atoms with Gasteiger partial charge in [-0.3, -0.25) is 4.68 Å². The van der Waals surface area contributed by atoms with Gasteiger partial charge in [-0.15, -0.1) is 0 Å². The third-order valence-electron chi connectivity index (χ3n) is 2.95. The van der Waals surface area contributed by atoms with Crippen molar-refractivity contribution in [3.8, 4) is 6.07 Å². The van der Waals surface area contributed by atoms with Crippen LogP contribution in [0.1, 0.15) is 23.9 Å². The number of aryl methyl sites for hydroxylation is 2. The van der Waals surface area contributed by atoms with Crippen LogP contribution < -0.4 is 5.32 Å². The predicted octanol–water partition coefficient (Wildman–Crippen LogP) is 3.23. The van der Waals surface area contributed by atoms with Crippen LogP contribution in [-0.4, -0.2) is 9.78 Å². The lowest BCUT2D eigenvalue weighted by molar-refractivity contribution is 0.707. The number of nitriles is 1. The fraction of sp³-hybridized carbons (Fsp3) is 0.286. The molecule has 0 spiro atoms. The topological polar surface area (TPSA) is 53.6 Å². The van der Waals surface area contributed by atoms with Gasteiger partial charge in [0, 0.05) is 17.2 Å². The number of aromatic nitrogens is 2. The van der Waals surface area contributed by atoms with Gasteiger partial charge < -0.3 is 5.32 Å². The maximum Gasteiger partial charge on any atom is 0.0992 e. The number of halogens is 1. The molecule has 0 unspecified atom stereocenters. The van der Waals surface area contributed by atoms with Crippen LogP contribution in [0.4, 0.5) is 5.69 Å². The number of benzene rings is 1. The van der Waals surface area contributed by atoms with Crippen molar-refractivity contribution in [3.63, 3.8) is 0 Å². The molecule has 1 aromatic carbocycles. The predicted molar refractivity (Wildman–Crippen MR) is 78.8 cm³/mol. The first-order chi connectivity index (χ1) is 9.13. The van der Waals surface area contributed by atoms with Crippen molar-refractivity contribution in [2.24, 2.45) is 7.05 Å². The summed E-state index contributed by atoms with van der Waals surface area (Å²) in [7, 11) is 1.95. The number of rotatable bonds is 4. The Kier molecular flexibility index (Phi) is 4.23. The van der Waals surface area contributed by atoms with E-state index in [9.17, 15) is 0 Å². The molecule has 98 valence electrons. The summed E-state index contributed by atoms with van der Waals surface area (Å²) in [6.45, 7) is 2.80. The molecule has 1 N–H and O–H groups in total. The molecule has 5 heteroatoms. The average Bonchev–Trinajstić information content (AvgIpc) is 2.78. The lowest BCUT2D eigenvalue weighted by Gasteiger charge is -2.08. The van der Waals surface area contributed by atoms with Crippen LogP contribution in [0.2, 0.25) is 0 Å². The van der Waals surface area contributed by atoms with Crippen LogP contribution in [0.5, 0.6) is 0 Å². The Morgan fingerprint density at radius 2 is 2.21 bits per heavy atom. The van der Waals surface area contributed by atoms with E-state index < -0.39 is 0 Å². The fourth-order valence-corrected chi connectivity index (χ4v) is 2.34. The molecule has 1 heterocycles. The van der Waals surface area contributed by atoms with Gasteiger partial charge in [-0.1, -0.05) is 6.92 Å². The SMILES string of the molecule is CCc1cc(CNc2ccc(C#N)cc2Br)n(C)n1. The molecule has 0 radical (unpaired) electrons. The van der Waals surface area contributed by atoms with Crippen molar-refractivity contribution in [1.82, 2.24) is 9.78 Å². The van der Waals surface area contributed by atoms with Gasteiger partial charge in [0.15, 0.2) is 0 Å². The Morgan fingerprint density at radius 3 is 2.79 bits per heavy atom. The van der Waals surface area contributed by atoms with Crippen LogP contribution in [0.15, 0.2) is 28.7 Å². The maximum absolute atomic E-state index is 8.82. The summed E-state index contributed by atoms with van der Waals surface area (Å²) in [5, 5.41) is 16.6. The highest BCUT2D eigenvalue weighted by molar-refractivity contribution is 9.10. The van der Waals surface area contributed by atoms with Crippen LogP contribution in [-0.2, 0) is 20.0 Å². The van der Waals surface area contributed by atoms with Crippen molar-refractivity contribution >= 4 is 21.6 Å². The van der Waals surface area contributed by atoms with Gasteiger partial charge >= 0.3 is 0 Å². The van der Waals surface area contributed by atoms with E-state index in [1.807, 2.05) is 23.9 Å². The maximum atomic E-state index is 8.82. The van der Waals surface area contributed by atoms with Gasteiger partial charge in [0.1, 0.15) is 0 Å². The Hall–Kier alpha value is -1.80. The molecule has 0 aliphatic heterocycles. The third-order valence-corrected chi connectivity index (χ3v) is 3.60. The molecule has 0 saturated heterocycles. The van der Waals surface area contributed by atoms with Gasteiger partial charge in [-0.25, -0.2) is 0 Å². The minimum atomic E-state index is 0.645. The van der Waals surface area contributed by atoms with Crippen LogP contribution in [0, 0.1) is 11.3 Å². The Bertz CT molecular complexity index is 625. The van der Waals surface area contributed by atoms with E-state index in [2.05, 4.69) is 45.4 Å². The zero-order chi connectivity index (χ0) is 13.8. The quantitative estimate of drug-likeness (QED) is 0.941. The second-order valence-corrected chi connectivity index (χ2v) is 5.12. The summed E-state index contributed by atoms with van der Waals surface area (Å²) in [6, 6.07) is 9.73. The fourth-order valence-electron chi connectivity index (χ4n) is 1.82.